The fraction of sp³-hybridized carbons (Fsp3) is 0.568. The van der Waals surface area contributed by atoms with E-state index in [0.717, 1.165) is 55.6 Å². The highest BCUT2D eigenvalue weighted by Gasteiger charge is 2.45. The van der Waals surface area contributed by atoms with Gasteiger partial charge in [0.25, 0.3) is 0 Å². The van der Waals surface area contributed by atoms with Gasteiger partial charge in [0, 0.05) is 24.1 Å². The Balaban J connectivity index is 1.15. The zero-order valence-corrected chi connectivity index (χ0v) is 26.6. The molecule has 4 aliphatic carbocycles. The van der Waals surface area contributed by atoms with Gasteiger partial charge in [-0.15, -0.1) is 0 Å². The van der Waals surface area contributed by atoms with Gasteiger partial charge in [-0.05, 0) is 141 Å². The number of carbonyl (C=O) groups is 1. The van der Waals surface area contributed by atoms with Crippen LogP contribution in [0.5, 0.6) is 5.75 Å². The molecule has 0 radical (unpaired) electrons. The molecular weight excluding hydrogens is 552 g/mol. The number of aliphatic hydroxyl groups is 1. The van der Waals surface area contributed by atoms with Crippen LogP contribution >= 0.6 is 11.5 Å². The topological polar surface area (TPSA) is 62.7 Å². The predicted molar refractivity (Wildman–Crippen MR) is 174 cm³/mol. The SMILES string of the molecule is COc1ccc(C23CCCC(C2)C(CN(C(=O)C2CCC(O)CC2)c2cccc(-c4cc(C5CC5)ns4)c2)CC3)cc1C. The first kappa shape index (κ1) is 29.0. The molecule has 0 spiro atoms. The minimum absolute atomic E-state index is 0.00626. The van der Waals surface area contributed by atoms with E-state index in [9.17, 15) is 9.90 Å². The second-order valence-electron chi connectivity index (χ2n) is 14.0. The fourth-order valence-corrected chi connectivity index (χ4v) is 9.33. The van der Waals surface area contributed by atoms with E-state index in [0.29, 0.717) is 17.8 Å². The molecule has 1 amide bonds. The Labute approximate surface area is 260 Å². The van der Waals surface area contributed by atoms with Crippen LogP contribution in [0, 0.1) is 24.7 Å². The lowest BCUT2D eigenvalue weighted by Crippen LogP contribution is -2.47. The number of ether oxygens (including phenoxy) is 1. The van der Waals surface area contributed by atoms with Crippen LogP contribution in [-0.4, -0.2) is 35.1 Å². The Morgan fingerprint density at radius 3 is 2.63 bits per heavy atom. The minimum Gasteiger partial charge on any atom is -0.496 e. The van der Waals surface area contributed by atoms with Crippen molar-refractivity contribution >= 4 is 23.1 Å². The molecule has 4 saturated carbocycles. The summed E-state index contributed by atoms with van der Waals surface area (Å²) in [5, 5.41) is 10.2. The summed E-state index contributed by atoms with van der Waals surface area (Å²) in [6.07, 6.45) is 12.6. The van der Waals surface area contributed by atoms with Gasteiger partial charge in [0.05, 0.1) is 23.8 Å². The third-order valence-corrected chi connectivity index (χ3v) is 12.1. The molecule has 3 atom stereocenters. The third kappa shape index (κ3) is 5.90. The number of amides is 1. The van der Waals surface area contributed by atoms with Crippen LogP contribution in [-0.2, 0) is 10.2 Å². The van der Waals surface area contributed by atoms with E-state index >= 15 is 0 Å². The van der Waals surface area contributed by atoms with E-state index in [1.165, 1.54) is 66.6 Å². The highest BCUT2D eigenvalue weighted by molar-refractivity contribution is 7.09. The Morgan fingerprint density at radius 2 is 1.86 bits per heavy atom. The zero-order chi connectivity index (χ0) is 29.6. The normalized spacial score (nSPS) is 28.8. The number of aliphatic hydroxyl groups excluding tert-OH is 1. The Hall–Kier alpha value is -2.70. The van der Waals surface area contributed by atoms with Crippen molar-refractivity contribution in [2.75, 3.05) is 18.6 Å². The Kier molecular flexibility index (Phi) is 8.11. The smallest absolute Gasteiger partial charge is 0.230 e. The minimum atomic E-state index is -0.261. The number of fused-ring (bicyclic) bond motifs is 2. The predicted octanol–water partition coefficient (Wildman–Crippen LogP) is 8.43. The Bertz CT molecular complexity index is 1460. The number of anilines is 1. The van der Waals surface area contributed by atoms with Crippen LogP contribution < -0.4 is 9.64 Å². The Morgan fingerprint density at radius 1 is 1.02 bits per heavy atom. The van der Waals surface area contributed by atoms with Crippen molar-refractivity contribution < 1.29 is 14.6 Å². The summed E-state index contributed by atoms with van der Waals surface area (Å²) in [7, 11) is 1.75. The molecule has 3 aromatic rings. The number of rotatable bonds is 8. The van der Waals surface area contributed by atoms with Gasteiger partial charge in [-0.25, -0.2) is 0 Å². The largest absolute Gasteiger partial charge is 0.496 e. The van der Waals surface area contributed by atoms with Crippen LogP contribution in [0.2, 0.25) is 0 Å². The lowest BCUT2D eigenvalue weighted by Gasteiger charge is -2.50. The van der Waals surface area contributed by atoms with Gasteiger partial charge in [0.15, 0.2) is 0 Å². The lowest BCUT2D eigenvalue weighted by molar-refractivity contribution is -0.124. The highest BCUT2D eigenvalue weighted by atomic mass is 32.1. The summed E-state index contributed by atoms with van der Waals surface area (Å²) in [5.74, 6) is 2.98. The lowest BCUT2D eigenvalue weighted by atomic mass is 9.56. The molecule has 7 rings (SSSR count). The molecule has 43 heavy (non-hydrogen) atoms. The molecule has 5 nitrogen and oxygen atoms in total. The molecule has 1 N–H and O–H groups in total. The van der Waals surface area contributed by atoms with Gasteiger partial charge in [-0.2, -0.15) is 4.37 Å². The third-order valence-electron chi connectivity index (χ3n) is 11.2. The van der Waals surface area contributed by atoms with Crippen molar-refractivity contribution in [3.05, 3.63) is 65.4 Å². The summed E-state index contributed by atoms with van der Waals surface area (Å²) in [4.78, 5) is 17.7. The van der Waals surface area contributed by atoms with Gasteiger partial charge in [-0.3, -0.25) is 4.79 Å². The molecule has 228 valence electrons. The van der Waals surface area contributed by atoms with Gasteiger partial charge in [-0.1, -0.05) is 37.1 Å². The van der Waals surface area contributed by atoms with Gasteiger partial charge in [0.1, 0.15) is 5.75 Å². The molecule has 0 saturated heterocycles. The van der Waals surface area contributed by atoms with Gasteiger partial charge >= 0.3 is 0 Å². The first-order valence-corrected chi connectivity index (χ1v) is 17.4. The van der Waals surface area contributed by atoms with Crippen molar-refractivity contribution in [2.24, 2.45) is 17.8 Å². The molecule has 6 heteroatoms. The average Bonchev–Trinajstić information content (AvgIpc) is 3.77. The van der Waals surface area contributed by atoms with Crippen molar-refractivity contribution in [3.63, 3.8) is 0 Å². The van der Waals surface area contributed by atoms with Crippen LogP contribution in [0.1, 0.15) is 99.8 Å². The number of benzene rings is 2. The molecule has 0 aliphatic heterocycles. The highest BCUT2D eigenvalue weighted by Crippen LogP contribution is 2.53. The van der Waals surface area contributed by atoms with Crippen molar-refractivity contribution in [2.45, 2.75) is 101 Å². The summed E-state index contributed by atoms with van der Waals surface area (Å²) in [6.45, 7) is 2.95. The maximum Gasteiger partial charge on any atom is 0.230 e. The van der Waals surface area contributed by atoms with E-state index in [2.05, 4.69) is 60.4 Å². The quantitative estimate of drug-likeness (QED) is 0.283. The zero-order valence-electron chi connectivity index (χ0n) is 25.8. The fourth-order valence-electron chi connectivity index (χ4n) is 8.51. The number of hydrogen-bond acceptors (Lipinski definition) is 5. The number of aryl methyl sites for hydroxylation is 1. The number of carbonyl (C=O) groups excluding carboxylic acids is 1. The second kappa shape index (κ2) is 12.0. The van der Waals surface area contributed by atoms with E-state index in [-0.39, 0.29) is 23.3 Å². The standard InChI is InChI=1S/C37H46N2O3S/c1-24-19-30(12-15-34(24)42-2)37-17-4-6-28(22-37)29(16-18-37)23-39(36(41)26-10-13-32(40)14-11-26)31-7-3-5-27(20-31)35-21-33(38-43-35)25-8-9-25/h3,5,7,12,15,19-21,25-26,28-29,32,40H,4,6,8-11,13-14,16-18,22-23H2,1-2H3. The van der Waals surface area contributed by atoms with Gasteiger partial charge < -0.3 is 14.7 Å². The molecule has 4 aliphatic rings. The second-order valence-corrected chi connectivity index (χ2v) is 14.8. The van der Waals surface area contributed by atoms with Crippen molar-refractivity contribution in [1.82, 2.24) is 4.37 Å². The molecular formula is C37H46N2O3S. The van der Waals surface area contributed by atoms with E-state index in [1.807, 2.05) is 0 Å². The van der Waals surface area contributed by atoms with Crippen LogP contribution in [0.25, 0.3) is 10.4 Å². The van der Waals surface area contributed by atoms with Crippen LogP contribution in [0.4, 0.5) is 5.69 Å². The monoisotopic (exact) mass is 598 g/mol. The first-order chi connectivity index (χ1) is 20.9. The molecule has 1 heterocycles. The maximum atomic E-state index is 14.3. The van der Waals surface area contributed by atoms with E-state index in [1.54, 1.807) is 18.6 Å². The summed E-state index contributed by atoms with van der Waals surface area (Å²) in [5.41, 5.74) is 6.36. The van der Waals surface area contributed by atoms with Gasteiger partial charge in [0.2, 0.25) is 5.91 Å². The number of methoxy groups -OCH3 is 1. The summed E-state index contributed by atoms with van der Waals surface area (Å²) in [6, 6.07) is 17.7. The molecule has 1 aromatic heterocycles. The average molecular weight is 599 g/mol. The number of nitrogens with zero attached hydrogens (tertiary/aromatic N) is 2. The van der Waals surface area contributed by atoms with Crippen molar-refractivity contribution in [3.8, 4) is 16.2 Å². The van der Waals surface area contributed by atoms with Crippen LogP contribution in [0.15, 0.2) is 48.5 Å². The first-order valence-electron chi connectivity index (χ1n) is 16.6. The molecule has 2 bridgehead atoms. The summed E-state index contributed by atoms with van der Waals surface area (Å²) >= 11 is 1.59. The number of aromatic nitrogens is 1. The van der Waals surface area contributed by atoms with Crippen LogP contribution in [0.3, 0.4) is 0 Å². The molecule has 2 aromatic carbocycles. The number of hydrogen-bond donors (Lipinski definition) is 1. The molecule has 4 fully saturated rings. The van der Waals surface area contributed by atoms with E-state index < -0.39 is 0 Å². The van der Waals surface area contributed by atoms with E-state index in [4.69, 9.17) is 9.11 Å². The summed E-state index contributed by atoms with van der Waals surface area (Å²) < 4.78 is 10.3. The molecule has 3 unspecified atom stereocenters. The maximum absolute atomic E-state index is 14.3. The van der Waals surface area contributed by atoms with Crippen molar-refractivity contribution in [1.29, 1.82) is 0 Å².